The van der Waals surface area contributed by atoms with E-state index in [0.717, 1.165) is 0 Å². The van der Waals surface area contributed by atoms with Crippen LogP contribution in [0.1, 0.15) is 6.23 Å². The molecule has 0 radical (unpaired) electrons. The molecule has 0 amide bonds. The Morgan fingerprint density at radius 1 is 1.30 bits per heavy atom. The molecule has 126 valence electrons. The summed E-state index contributed by atoms with van der Waals surface area (Å²) in [7, 11) is -3.72. The first-order valence-electron chi connectivity index (χ1n) is 6.54. The third-order valence-corrected chi connectivity index (χ3v) is 3.99. The first-order valence-corrected chi connectivity index (χ1v) is 8.30. The lowest BCUT2D eigenvalue weighted by molar-refractivity contribution is -0.0472. The number of aliphatic hydroxyl groups is 2. The fourth-order valence-corrected chi connectivity index (χ4v) is 2.72. The van der Waals surface area contributed by atoms with Crippen molar-refractivity contribution in [3.05, 3.63) is 12.7 Å². The summed E-state index contributed by atoms with van der Waals surface area (Å²) in [6.07, 6.45) is -1.97. The summed E-state index contributed by atoms with van der Waals surface area (Å²) in [5.74, 6) is 0.175. The SMILES string of the molecule is Nc1ncnc2c1ncn2[C@@H]1O[C@H](COP(N)(N)=O)[C@H](O)[C@H]1O. The monoisotopic (exact) mass is 345 g/mol. The van der Waals surface area contributed by atoms with E-state index in [9.17, 15) is 14.8 Å². The Hall–Kier alpha value is -1.66. The van der Waals surface area contributed by atoms with Gasteiger partial charge in [-0.1, -0.05) is 0 Å². The fraction of sp³-hybridized carbons (Fsp3) is 0.500. The Balaban J connectivity index is 1.85. The summed E-state index contributed by atoms with van der Waals surface area (Å²) < 4.78 is 22.9. The molecular weight excluding hydrogens is 329 g/mol. The number of nitrogens with zero attached hydrogens (tertiary/aromatic N) is 4. The van der Waals surface area contributed by atoms with E-state index in [1.54, 1.807) is 0 Å². The van der Waals surface area contributed by atoms with Gasteiger partial charge in [-0.2, -0.15) is 0 Å². The fourth-order valence-electron chi connectivity index (χ4n) is 2.34. The van der Waals surface area contributed by atoms with Crippen LogP contribution >= 0.6 is 7.67 Å². The zero-order chi connectivity index (χ0) is 16.8. The van der Waals surface area contributed by atoms with Gasteiger partial charge in [0.15, 0.2) is 17.7 Å². The Bertz CT molecular complexity index is 763. The van der Waals surface area contributed by atoms with E-state index in [4.69, 9.17) is 26.0 Å². The average Bonchev–Trinajstić information content (AvgIpc) is 3.01. The van der Waals surface area contributed by atoms with Gasteiger partial charge in [0, 0.05) is 0 Å². The molecule has 3 rings (SSSR count). The molecule has 0 aromatic carbocycles. The number of hydrogen-bond acceptors (Lipinski definition) is 9. The summed E-state index contributed by atoms with van der Waals surface area (Å²) in [5.41, 5.74) is 16.5. The largest absolute Gasteiger partial charge is 0.387 e. The van der Waals surface area contributed by atoms with Gasteiger partial charge < -0.3 is 25.2 Å². The molecule has 1 saturated heterocycles. The van der Waals surface area contributed by atoms with Gasteiger partial charge in [0.25, 0.3) is 0 Å². The maximum Gasteiger partial charge on any atom is 0.335 e. The number of rotatable bonds is 4. The Labute approximate surface area is 129 Å². The third-order valence-electron chi connectivity index (χ3n) is 3.44. The number of fused-ring (bicyclic) bond motifs is 1. The highest BCUT2D eigenvalue weighted by Gasteiger charge is 2.44. The second-order valence-corrected chi connectivity index (χ2v) is 6.62. The molecule has 0 saturated carbocycles. The quantitative estimate of drug-likeness (QED) is 0.387. The van der Waals surface area contributed by atoms with E-state index in [1.807, 2.05) is 0 Å². The minimum Gasteiger partial charge on any atom is -0.387 e. The van der Waals surface area contributed by atoms with E-state index >= 15 is 0 Å². The highest BCUT2D eigenvalue weighted by atomic mass is 31.2. The van der Waals surface area contributed by atoms with Crippen molar-refractivity contribution in [2.45, 2.75) is 24.5 Å². The Morgan fingerprint density at radius 2 is 2.04 bits per heavy atom. The van der Waals surface area contributed by atoms with Crippen LogP contribution in [0.4, 0.5) is 5.82 Å². The van der Waals surface area contributed by atoms with Gasteiger partial charge in [0.05, 0.1) is 12.9 Å². The van der Waals surface area contributed by atoms with Crippen molar-refractivity contribution in [2.75, 3.05) is 12.3 Å². The van der Waals surface area contributed by atoms with Crippen molar-refractivity contribution in [1.82, 2.24) is 19.5 Å². The molecule has 23 heavy (non-hydrogen) atoms. The van der Waals surface area contributed by atoms with E-state index in [0.29, 0.717) is 11.2 Å². The highest BCUT2D eigenvalue weighted by Crippen LogP contribution is 2.34. The number of anilines is 1. The van der Waals surface area contributed by atoms with Crippen LogP contribution in [0.2, 0.25) is 0 Å². The van der Waals surface area contributed by atoms with Crippen molar-refractivity contribution in [2.24, 2.45) is 11.0 Å². The highest BCUT2D eigenvalue weighted by molar-refractivity contribution is 7.53. The molecule has 2 aromatic heterocycles. The lowest BCUT2D eigenvalue weighted by atomic mass is 10.1. The molecule has 3 heterocycles. The minimum atomic E-state index is -3.72. The van der Waals surface area contributed by atoms with Gasteiger partial charge in [0.2, 0.25) is 0 Å². The molecule has 0 aliphatic carbocycles. The van der Waals surface area contributed by atoms with E-state index in [-0.39, 0.29) is 12.4 Å². The van der Waals surface area contributed by atoms with Gasteiger partial charge in [-0.05, 0) is 0 Å². The first-order chi connectivity index (χ1) is 10.8. The van der Waals surface area contributed by atoms with Gasteiger partial charge >= 0.3 is 7.67 Å². The van der Waals surface area contributed by atoms with Crippen LogP contribution in [-0.4, -0.2) is 54.7 Å². The van der Waals surface area contributed by atoms with Gasteiger partial charge in [-0.3, -0.25) is 9.13 Å². The van der Waals surface area contributed by atoms with Crippen molar-refractivity contribution < 1.29 is 24.0 Å². The first kappa shape index (κ1) is 16.2. The molecule has 12 nitrogen and oxygen atoms in total. The minimum absolute atomic E-state index is 0.175. The van der Waals surface area contributed by atoms with Crippen molar-refractivity contribution in [3.63, 3.8) is 0 Å². The third kappa shape index (κ3) is 3.05. The van der Waals surface area contributed by atoms with Crippen LogP contribution in [-0.2, 0) is 13.8 Å². The number of nitrogen functional groups attached to an aromatic ring is 1. The Kier molecular flexibility index (Phi) is 4.06. The van der Waals surface area contributed by atoms with Crippen LogP contribution in [0.25, 0.3) is 11.2 Å². The second-order valence-electron chi connectivity index (χ2n) is 5.07. The molecule has 1 aliphatic heterocycles. The maximum atomic E-state index is 11.2. The number of aliphatic hydroxyl groups excluding tert-OH is 2. The lowest BCUT2D eigenvalue weighted by Crippen LogP contribution is -2.34. The van der Waals surface area contributed by atoms with Crippen molar-refractivity contribution in [1.29, 1.82) is 0 Å². The van der Waals surface area contributed by atoms with Crippen LogP contribution in [0, 0.1) is 0 Å². The zero-order valence-electron chi connectivity index (χ0n) is 11.8. The molecule has 4 atom stereocenters. The van der Waals surface area contributed by atoms with Crippen LogP contribution in [0.5, 0.6) is 0 Å². The summed E-state index contributed by atoms with van der Waals surface area (Å²) in [6, 6.07) is 0. The van der Waals surface area contributed by atoms with Gasteiger partial charge in [0.1, 0.15) is 30.2 Å². The number of hydrogen-bond donors (Lipinski definition) is 5. The van der Waals surface area contributed by atoms with Crippen LogP contribution < -0.4 is 16.7 Å². The lowest BCUT2D eigenvalue weighted by Gasteiger charge is -2.16. The van der Waals surface area contributed by atoms with Gasteiger partial charge in [-0.25, -0.2) is 26.0 Å². The summed E-state index contributed by atoms with van der Waals surface area (Å²) >= 11 is 0. The maximum absolute atomic E-state index is 11.2. The topological polar surface area (TPSA) is 198 Å². The molecular formula is C10H16N7O5P. The molecule has 0 bridgehead atoms. The number of aromatic nitrogens is 4. The number of imidazole rings is 1. The number of nitrogens with two attached hydrogens (primary N) is 3. The molecule has 1 aliphatic rings. The molecule has 8 N–H and O–H groups in total. The Morgan fingerprint density at radius 3 is 2.74 bits per heavy atom. The summed E-state index contributed by atoms with van der Waals surface area (Å²) in [5, 5.41) is 20.2. The average molecular weight is 345 g/mol. The molecule has 2 aromatic rings. The van der Waals surface area contributed by atoms with E-state index < -0.39 is 32.2 Å². The van der Waals surface area contributed by atoms with E-state index in [1.165, 1.54) is 17.2 Å². The predicted molar refractivity (Wildman–Crippen MR) is 77.6 cm³/mol. The second kappa shape index (κ2) is 5.76. The smallest absolute Gasteiger partial charge is 0.335 e. The van der Waals surface area contributed by atoms with Crippen molar-refractivity contribution >= 4 is 24.7 Å². The zero-order valence-corrected chi connectivity index (χ0v) is 12.7. The molecule has 1 fully saturated rings. The van der Waals surface area contributed by atoms with Crippen molar-refractivity contribution in [3.8, 4) is 0 Å². The van der Waals surface area contributed by atoms with Crippen LogP contribution in [0.3, 0.4) is 0 Å². The molecule has 0 unspecified atom stereocenters. The van der Waals surface area contributed by atoms with Gasteiger partial charge in [-0.15, -0.1) is 0 Å². The van der Waals surface area contributed by atoms with Crippen LogP contribution in [0.15, 0.2) is 12.7 Å². The standard InChI is InChI=1S/C10H16N7O5P/c11-8-5-9(15-2-14-8)17(3-16-5)10-7(19)6(18)4(22-10)1-21-23(12,13)20/h2-4,6-7,10,18-19H,1H2,(H2,11,14,15)(H4,12,13,20)/t4-,6+,7-,10-/m1/s1. The van der Waals surface area contributed by atoms with E-state index in [2.05, 4.69) is 15.0 Å². The molecule has 0 spiro atoms. The molecule has 13 heteroatoms. The predicted octanol–water partition coefficient (Wildman–Crippen LogP) is -1.93. The summed E-state index contributed by atoms with van der Waals surface area (Å²) in [6.45, 7) is -0.344. The number of ether oxygens (including phenoxy) is 1. The summed E-state index contributed by atoms with van der Waals surface area (Å²) in [4.78, 5) is 11.9. The normalized spacial score (nSPS) is 28.5.